The highest BCUT2D eigenvalue weighted by molar-refractivity contribution is 5.96. The second-order valence-electron chi connectivity index (χ2n) is 4.34. The molecule has 3 amide bonds. The number of hydrogen-bond donors (Lipinski definition) is 4. The molecular weight excluding hydrogens is 234 g/mol. The van der Waals surface area contributed by atoms with Crippen molar-refractivity contribution in [2.45, 2.75) is 33.2 Å². The maximum atomic E-state index is 12.0. The smallest absolute Gasteiger partial charge is 0.312 e. The zero-order chi connectivity index (χ0) is 13.7. The summed E-state index contributed by atoms with van der Waals surface area (Å²) in [6.07, 6.45) is 2.41. The van der Waals surface area contributed by atoms with E-state index in [4.69, 9.17) is 5.73 Å². The van der Waals surface area contributed by atoms with Crippen molar-refractivity contribution in [2.75, 3.05) is 5.32 Å². The molecule has 0 radical (unpaired) electrons. The second kappa shape index (κ2) is 6.04. The van der Waals surface area contributed by atoms with E-state index in [1.54, 1.807) is 6.20 Å². The average molecular weight is 253 g/mol. The van der Waals surface area contributed by atoms with Crippen LogP contribution in [0.3, 0.4) is 0 Å². The Morgan fingerprint density at radius 2 is 2.17 bits per heavy atom. The molecule has 0 aliphatic carbocycles. The fraction of sp³-hybridized carbons (Fsp3) is 0.545. The van der Waals surface area contributed by atoms with E-state index in [1.807, 2.05) is 20.8 Å². The number of H-pyrrole nitrogens is 1. The highest BCUT2D eigenvalue weighted by Crippen LogP contribution is 2.13. The van der Waals surface area contributed by atoms with Crippen LogP contribution in [0.25, 0.3) is 0 Å². The van der Waals surface area contributed by atoms with Crippen molar-refractivity contribution in [3.8, 4) is 0 Å². The van der Waals surface area contributed by atoms with Crippen LogP contribution in [-0.4, -0.2) is 28.2 Å². The van der Waals surface area contributed by atoms with Gasteiger partial charge in [0, 0.05) is 5.56 Å². The van der Waals surface area contributed by atoms with Crippen LogP contribution in [-0.2, 0) is 11.2 Å². The quantitative estimate of drug-likeness (QED) is 0.616. The summed E-state index contributed by atoms with van der Waals surface area (Å²) in [6.45, 7) is 5.61. The molecule has 1 aromatic rings. The summed E-state index contributed by atoms with van der Waals surface area (Å²) < 4.78 is 0. The Kier molecular flexibility index (Phi) is 4.70. The number of aryl methyl sites for hydroxylation is 1. The first-order chi connectivity index (χ1) is 8.45. The fourth-order valence-electron chi connectivity index (χ4n) is 1.58. The molecule has 1 heterocycles. The predicted molar refractivity (Wildman–Crippen MR) is 67.9 cm³/mol. The van der Waals surface area contributed by atoms with Crippen LogP contribution in [0, 0.1) is 5.92 Å². The van der Waals surface area contributed by atoms with Crippen LogP contribution < -0.4 is 16.4 Å². The van der Waals surface area contributed by atoms with Gasteiger partial charge in [-0.3, -0.25) is 9.89 Å². The standard InChI is InChI=1S/C11H19N5O2/c1-4-7-5-13-16-9(7)15-10(17)8(6(2)3)14-11(12)18/h5-6,8H,4H2,1-3H3,(H3,12,14,18)(H2,13,15,16,17). The van der Waals surface area contributed by atoms with Gasteiger partial charge in [-0.25, -0.2) is 4.79 Å². The Labute approximate surface area is 106 Å². The number of carbonyl (C=O) groups is 2. The molecule has 7 heteroatoms. The molecule has 1 aromatic heterocycles. The molecule has 0 aliphatic heterocycles. The fourth-order valence-corrected chi connectivity index (χ4v) is 1.58. The number of primary amides is 1. The zero-order valence-corrected chi connectivity index (χ0v) is 10.8. The third-order valence-electron chi connectivity index (χ3n) is 2.59. The monoisotopic (exact) mass is 253 g/mol. The minimum atomic E-state index is -0.718. The van der Waals surface area contributed by atoms with Gasteiger partial charge < -0.3 is 16.4 Å². The van der Waals surface area contributed by atoms with Gasteiger partial charge in [0.2, 0.25) is 5.91 Å². The number of carbonyl (C=O) groups excluding carboxylic acids is 2. The summed E-state index contributed by atoms with van der Waals surface area (Å²) in [5.41, 5.74) is 5.96. The first-order valence-electron chi connectivity index (χ1n) is 5.84. The number of urea groups is 1. The number of nitrogens with two attached hydrogens (primary N) is 1. The lowest BCUT2D eigenvalue weighted by Gasteiger charge is -2.20. The summed E-state index contributed by atoms with van der Waals surface area (Å²) in [5, 5.41) is 11.7. The average Bonchev–Trinajstić information content (AvgIpc) is 2.72. The van der Waals surface area contributed by atoms with Crippen molar-refractivity contribution in [1.29, 1.82) is 0 Å². The molecule has 0 aliphatic rings. The SMILES string of the molecule is CCc1cn[nH]c1NC(=O)C(NC(N)=O)C(C)C. The van der Waals surface area contributed by atoms with Crippen LogP contribution >= 0.6 is 0 Å². The van der Waals surface area contributed by atoms with Crippen LogP contribution in [0.15, 0.2) is 6.20 Å². The third-order valence-corrected chi connectivity index (χ3v) is 2.59. The summed E-state index contributed by atoms with van der Waals surface area (Å²) >= 11 is 0. The molecule has 7 nitrogen and oxygen atoms in total. The summed E-state index contributed by atoms with van der Waals surface area (Å²) in [6, 6.07) is -1.39. The van der Waals surface area contributed by atoms with E-state index in [-0.39, 0.29) is 11.8 Å². The number of amides is 3. The minimum absolute atomic E-state index is 0.0644. The largest absolute Gasteiger partial charge is 0.352 e. The lowest BCUT2D eigenvalue weighted by Crippen LogP contribution is -2.49. The van der Waals surface area contributed by atoms with Gasteiger partial charge in [-0.2, -0.15) is 5.10 Å². The van der Waals surface area contributed by atoms with E-state index in [0.29, 0.717) is 5.82 Å². The summed E-state index contributed by atoms with van der Waals surface area (Å²) in [7, 11) is 0. The van der Waals surface area contributed by atoms with Gasteiger partial charge in [0.25, 0.3) is 0 Å². The number of aromatic amines is 1. The highest BCUT2D eigenvalue weighted by Gasteiger charge is 2.24. The van der Waals surface area contributed by atoms with E-state index in [9.17, 15) is 9.59 Å². The molecular formula is C11H19N5O2. The van der Waals surface area contributed by atoms with E-state index in [0.717, 1.165) is 12.0 Å². The van der Waals surface area contributed by atoms with Crippen LogP contribution in [0.2, 0.25) is 0 Å². The van der Waals surface area contributed by atoms with Gasteiger partial charge in [-0.05, 0) is 12.3 Å². The van der Waals surface area contributed by atoms with E-state index >= 15 is 0 Å². The lowest BCUT2D eigenvalue weighted by atomic mass is 10.0. The maximum Gasteiger partial charge on any atom is 0.312 e. The maximum absolute atomic E-state index is 12.0. The Morgan fingerprint density at radius 1 is 1.50 bits per heavy atom. The predicted octanol–water partition coefficient (Wildman–Crippen LogP) is 0.603. The Hall–Kier alpha value is -2.05. The Bertz CT molecular complexity index is 427. The van der Waals surface area contributed by atoms with E-state index < -0.39 is 12.1 Å². The number of rotatable bonds is 5. The van der Waals surface area contributed by atoms with Crippen molar-refractivity contribution in [3.63, 3.8) is 0 Å². The minimum Gasteiger partial charge on any atom is -0.352 e. The molecule has 0 spiro atoms. The lowest BCUT2D eigenvalue weighted by molar-refractivity contribution is -0.118. The number of nitrogens with one attached hydrogen (secondary N) is 3. The Morgan fingerprint density at radius 3 is 2.67 bits per heavy atom. The molecule has 5 N–H and O–H groups in total. The Balaban J connectivity index is 2.75. The molecule has 18 heavy (non-hydrogen) atoms. The van der Waals surface area contributed by atoms with Crippen LogP contribution in [0.1, 0.15) is 26.3 Å². The van der Waals surface area contributed by atoms with E-state index in [2.05, 4.69) is 20.8 Å². The molecule has 0 saturated carbocycles. The molecule has 1 rings (SSSR count). The topological polar surface area (TPSA) is 113 Å². The molecule has 1 unspecified atom stereocenters. The first kappa shape index (κ1) is 14.0. The second-order valence-corrected chi connectivity index (χ2v) is 4.34. The first-order valence-corrected chi connectivity index (χ1v) is 5.84. The van der Waals surface area contributed by atoms with Crippen LogP contribution in [0.5, 0.6) is 0 Å². The van der Waals surface area contributed by atoms with Gasteiger partial charge in [-0.15, -0.1) is 0 Å². The van der Waals surface area contributed by atoms with Crippen LogP contribution in [0.4, 0.5) is 10.6 Å². The summed E-state index contributed by atoms with van der Waals surface area (Å²) in [4.78, 5) is 22.9. The molecule has 100 valence electrons. The molecule has 0 aromatic carbocycles. The zero-order valence-electron chi connectivity index (χ0n) is 10.8. The number of aromatic nitrogens is 2. The molecule has 0 fully saturated rings. The normalized spacial score (nSPS) is 12.2. The van der Waals surface area contributed by atoms with Crippen molar-refractivity contribution >= 4 is 17.8 Å². The third kappa shape index (κ3) is 3.47. The van der Waals surface area contributed by atoms with Crippen molar-refractivity contribution < 1.29 is 9.59 Å². The van der Waals surface area contributed by atoms with Gasteiger partial charge in [0.05, 0.1) is 6.20 Å². The van der Waals surface area contributed by atoms with Crippen molar-refractivity contribution in [1.82, 2.24) is 15.5 Å². The van der Waals surface area contributed by atoms with Gasteiger partial charge in [0.15, 0.2) is 0 Å². The van der Waals surface area contributed by atoms with Gasteiger partial charge >= 0.3 is 6.03 Å². The van der Waals surface area contributed by atoms with Crippen molar-refractivity contribution in [2.24, 2.45) is 11.7 Å². The van der Waals surface area contributed by atoms with E-state index in [1.165, 1.54) is 0 Å². The number of hydrogen-bond acceptors (Lipinski definition) is 3. The molecule has 1 atom stereocenters. The number of nitrogens with zero attached hydrogens (tertiary/aromatic N) is 1. The molecule has 0 bridgehead atoms. The highest BCUT2D eigenvalue weighted by atomic mass is 16.2. The molecule has 0 saturated heterocycles. The van der Waals surface area contributed by atoms with Crippen molar-refractivity contribution in [3.05, 3.63) is 11.8 Å². The van der Waals surface area contributed by atoms with Gasteiger partial charge in [0.1, 0.15) is 11.9 Å². The van der Waals surface area contributed by atoms with Gasteiger partial charge in [-0.1, -0.05) is 20.8 Å². The summed E-state index contributed by atoms with van der Waals surface area (Å²) in [5.74, 6) is 0.174. The number of anilines is 1.